The fraction of sp³-hybridized carbons (Fsp3) is 0.438. The van der Waals surface area contributed by atoms with E-state index in [1.54, 1.807) is 0 Å². The number of fused-ring (bicyclic) bond motifs is 1. The van der Waals surface area contributed by atoms with Gasteiger partial charge in [0.05, 0.1) is 0 Å². The van der Waals surface area contributed by atoms with Crippen LogP contribution in [0, 0.1) is 6.92 Å². The quantitative estimate of drug-likeness (QED) is 0.866. The van der Waals surface area contributed by atoms with Gasteiger partial charge in [-0.2, -0.15) is 0 Å². The number of nitrogens with two attached hydrogens (primary N) is 1. The molecule has 3 heteroatoms. The van der Waals surface area contributed by atoms with Gasteiger partial charge in [0.25, 0.3) is 0 Å². The van der Waals surface area contributed by atoms with Crippen LogP contribution in [0.4, 0.5) is 5.69 Å². The average Bonchev–Trinajstić information content (AvgIpc) is 2.42. The summed E-state index contributed by atoms with van der Waals surface area (Å²) in [6.07, 6.45) is 8.46. The van der Waals surface area contributed by atoms with Crippen molar-refractivity contribution in [2.75, 3.05) is 5.32 Å². The first kappa shape index (κ1) is 12.4. The molecule has 0 aliphatic heterocycles. The Balaban J connectivity index is 1.88. The van der Waals surface area contributed by atoms with Gasteiger partial charge in [-0.3, -0.25) is 4.98 Å². The Hall–Kier alpha value is -1.61. The lowest BCUT2D eigenvalue weighted by molar-refractivity contribution is 0.411. The molecule has 19 heavy (non-hydrogen) atoms. The van der Waals surface area contributed by atoms with E-state index in [0.29, 0.717) is 12.1 Å². The summed E-state index contributed by atoms with van der Waals surface area (Å²) in [5.41, 5.74) is 8.43. The van der Waals surface area contributed by atoms with Crippen LogP contribution in [0.25, 0.3) is 10.8 Å². The van der Waals surface area contributed by atoms with Crippen LogP contribution in [-0.2, 0) is 0 Å². The summed E-state index contributed by atoms with van der Waals surface area (Å²) in [5, 5.41) is 6.21. The van der Waals surface area contributed by atoms with E-state index in [0.717, 1.165) is 12.8 Å². The Morgan fingerprint density at radius 3 is 2.74 bits per heavy atom. The zero-order valence-corrected chi connectivity index (χ0v) is 11.4. The molecule has 3 nitrogen and oxygen atoms in total. The minimum absolute atomic E-state index is 0.400. The Morgan fingerprint density at radius 1 is 1.16 bits per heavy atom. The SMILES string of the molecule is Cc1cncc2cccc(N[C@H]3CC[C@H](N)CC3)c12. The second-order valence-electron chi connectivity index (χ2n) is 5.62. The second-order valence-corrected chi connectivity index (χ2v) is 5.62. The molecule has 0 bridgehead atoms. The van der Waals surface area contributed by atoms with Gasteiger partial charge in [-0.25, -0.2) is 0 Å². The summed E-state index contributed by atoms with van der Waals surface area (Å²) in [7, 11) is 0. The molecule has 1 aliphatic rings. The van der Waals surface area contributed by atoms with Gasteiger partial charge in [0.2, 0.25) is 0 Å². The van der Waals surface area contributed by atoms with Crippen LogP contribution in [0.5, 0.6) is 0 Å². The van der Waals surface area contributed by atoms with E-state index in [-0.39, 0.29) is 0 Å². The number of nitrogens with one attached hydrogen (secondary N) is 1. The first-order valence-corrected chi connectivity index (χ1v) is 7.09. The van der Waals surface area contributed by atoms with Crippen molar-refractivity contribution in [3.05, 3.63) is 36.2 Å². The Morgan fingerprint density at radius 2 is 1.95 bits per heavy atom. The average molecular weight is 255 g/mol. The fourth-order valence-corrected chi connectivity index (χ4v) is 3.02. The van der Waals surface area contributed by atoms with Crippen LogP contribution in [0.1, 0.15) is 31.2 Å². The van der Waals surface area contributed by atoms with Gasteiger partial charge < -0.3 is 11.1 Å². The van der Waals surface area contributed by atoms with Gasteiger partial charge in [-0.05, 0) is 44.2 Å². The molecule has 0 amide bonds. The summed E-state index contributed by atoms with van der Waals surface area (Å²) in [5.74, 6) is 0. The molecule has 0 saturated heterocycles. The highest BCUT2D eigenvalue weighted by Crippen LogP contribution is 2.28. The van der Waals surface area contributed by atoms with E-state index in [4.69, 9.17) is 5.73 Å². The van der Waals surface area contributed by atoms with Crippen molar-refractivity contribution in [3.63, 3.8) is 0 Å². The highest BCUT2D eigenvalue weighted by atomic mass is 14.9. The summed E-state index contributed by atoms with van der Waals surface area (Å²) in [4.78, 5) is 4.27. The van der Waals surface area contributed by atoms with Gasteiger partial charge in [0, 0.05) is 40.9 Å². The van der Waals surface area contributed by atoms with E-state index in [1.165, 1.54) is 34.9 Å². The molecule has 0 unspecified atom stereocenters. The fourth-order valence-electron chi connectivity index (χ4n) is 3.02. The van der Waals surface area contributed by atoms with Crippen LogP contribution < -0.4 is 11.1 Å². The highest BCUT2D eigenvalue weighted by molar-refractivity contribution is 5.95. The van der Waals surface area contributed by atoms with Crippen molar-refractivity contribution in [3.8, 4) is 0 Å². The second kappa shape index (κ2) is 5.17. The number of anilines is 1. The van der Waals surface area contributed by atoms with E-state index < -0.39 is 0 Å². The standard InChI is InChI=1S/C16H21N3/c1-11-9-18-10-12-3-2-4-15(16(11)12)19-14-7-5-13(17)6-8-14/h2-4,9-10,13-14,19H,5-8,17H2,1H3/t13-,14-. The van der Waals surface area contributed by atoms with Crippen molar-refractivity contribution in [2.45, 2.75) is 44.7 Å². The first-order chi connectivity index (χ1) is 9.24. The van der Waals surface area contributed by atoms with Crippen LogP contribution in [0.2, 0.25) is 0 Å². The summed E-state index contributed by atoms with van der Waals surface area (Å²) < 4.78 is 0. The zero-order chi connectivity index (χ0) is 13.2. The molecule has 100 valence electrons. The Labute approximate surface area is 114 Å². The van der Waals surface area contributed by atoms with Gasteiger partial charge in [-0.15, -0.1) is 0 Å². The summed E-state index contributed by atoms with van der Waals surface area (Å²) in [6, 6.07) is 7.34. The maximum Gasteiger partial charge on any atom is 0.0425 e. The topological polar surface area (TPSA) is 50.9 Å². The van der Waals surface area contributed by atoms with Gasteiger partial charge in [0.1, 0.15) is 0 Å². The number of pyridine rings is 1. The van der Waals surface area contributed by atoms with E-state index >= 15 is 0 Å². The zero-order valence-electron chi connectivity index (χ0n) is 11.4. The third-order valence-corrected chi connectivity index (χ3v) is 4.10. The maximum atomic E-state index is 5.97. The molecule has 1 aliphatic carbocycles. The van der Waals surface area contributed by atoms with Crippen molar-refractivity contribution >= 4 is 16.5 Å². The van der Waals surface area contributed by atoms with Crippen LogP contribution in [-0.4, -0.2) is 17.1 Å². The lowest BCUT2D eigenvalue weighted by Gasteiger charge is -2.28. The van der Waals surface area contributed by atoms with Gasteiger partial charge in [0.15, 0.2) is 0 Å². The van der Waals surface area contributed by atoms with E-state index in [1.807, 2.05) is 12.4 Å². The Kier molecular flexibility index (Phi) is 3.38. The molecule has 1 aromatic heterocycles. The molecule has 3 N–H and O–H groups in total. The van der Waals surface area contributed by atoms with Crippen LogP contribution in [0.3, 0.4) is 0 Å². The van der Waals surface area contributed by atoms with Gasteiger partial charge >= 0.3 is 0 Å². The number of nitrogens with zero attached hydrogens (tertiary/aromatic N) is 1. The molecule has 0 spiro atoms. The number of hydrogen-bond acceptors (Lipinski definition) is 3. The minimum atomic E-state index is 0.400. The molecule has 1 fully saturated rings. The van der Waals surface area contributed by atoms with Crippen molar-refractivity contribution in [1.82, 2.24) is 4.98 Å². The maximum absolute atomic E-state index is 5.97. The molecule has 1 saturated carbocycles. The molecule has 0 radical (unpaired) electrons. The highest BCUT2D eigenvalue weighted by Gasteiger charge is 2.18. The largest absolute Gasteiger partial charge is 0.382 e. The number of benzene rings is 1. The number of rotatable bonds is 2. The smallest absolute Gasteiger partial charge is 0.0425 e. The molecular formula is C16H21N3. The molecule has 2 aromatic rings. The van der Waals surface area contributed by atoms with E-state index in [2.05, 4.69) is 35.4 Å². The van der Waals surface area contributed by atoms with Gasteiger partial charge in [-0.1, -0.05) is 12.1 Å². The monoisotopic (exact) mass is 255 g/mol. The molecule has 1 heterocycles. The number of aromatic nitrogens is 1. The lowest BCUT2D eigenvalue weighted by Crippen LogP contribution is -2.32. The Bertz CT molecular complexity index is 566. The van der Waals surface area contributed by atoms with Crippen LogP contribution in [0.15, 0.2) is 30.6 Å². The number of aryl methyl sites for hydroxylation is 1. The molecule has 1 aromatic carbocycles. The number of hydrogen-bond donors (Lipinski definition) is 2. The van der Waals surface area contributed by atoms with Crippen LogP contribution >= 0.6 is 0 Å². The van der Waals surface area contributed by atoms with E-state index in [9.17, 15) is 0 Å². The normalized spacial score (nSPS) is 23.5. The molecule has 3 rings (SSSR count). The predicted molar refractivity (Wildman–Crippen MR) is 80.3 cm³/mol. The molecular weight excluding hydrogens is 234 g/mol. The minimum Gasteiger partial charge on any atom is -0.382 e. The van der Waals surface area contributed by atoms with Crippen molar-refractivity contribution in [1.29, 1.82) is 0 Å². The third-order valence-electron chi connectivity index (χ3n) is 4.10. The van der Waals surface area contributed by atoms with Crippen molar-refractivity contribution in [2.24, 2.45) is 5.73 Å². The molecule has 0 atom stereocenters. The third kappa shape index (κ3) is 2.56. The predicted octanol–water partition coefficient (Wildman–Crippen LogP) is 3.23. The summed E-state index contributed by atoms with van der Waals surface area (Å²) >= 11 is 0. The van der Waals surface area contributed by atoms with Crippen molar-refractivity contribution < 1.29 is 0 Å². The summed E-state index contributed by atoms with van der Waals surface area (Å²) in [6.45, 7) is 2.12. The first-order valence-electron chi connectivity index (χ1n) is 7.09. The lowest BCUT2D eigenvalue weighted by atomic mass is 9.91.